The largest absolute Gasteiger partial charge is 0.298 e. The van der Waals surface area contributed by atoms with Gasteiger partial charge in [0.2, 0.25) is 0 Å². The quantitative estimate of drug-likeness (QED) is 0.116. The number of carbonyl (C=O) groups excluding carboxylic acids is 1. The summed E-state index contributed by atoms with van der Waals surface area (Å²) in [6.07, 6.45) is 25.8. The van der Waals surface area contributed by atoms with Gasteiger partial charge in [-0.15, -0.1) is 11.8 Å². The molecule has 0 N–H and O–H groups in total. The van der Waals surface area contributed by atoms with Crippen molar-refractivity contribution < 1.29 is 4.79 Å². The van der Waals surface area contributed by atoms with Crippen molar-refractivity contribution >= 4 is 18.0 Å². The highest BCUT2D eigenvalue weighted by atomic mass is 32.2. The SMILES string of the molecule is CCCCCC=CCC=CCCCCCCCCSc1ccc(C=O)cc1. The van der Waals surface area contributed by atoms with E-state index in [4.69, 9.17) is 0 Å². The van der Waals surface area contributed by atoms with Gasteiger partial charge in [-0.1, -0.05) is 81.9 Å². The summed E-state index contributed by atoms with van der Waals surface area (Å²) in [6.45, 7) is 2.25. The lowest BCUT2D eigenvalue weighted by molar-refractivity contribution is 0.112. The second-order valence-electron chi connectivity index (χ2n) is 7.12. The van der Waals surface area contributed by atoms with Gasteiger partial charge in [0.25, 0.3) is 0 Å². The molecule has 2 heteroatoms. The Morgan fingerprint density at radius 1 is 0.741 bits per heavy atom. The summed E-state index contributed by atoms with van der Waals surface area (Å²) in [5, 5.41) is 0. The van der Waals surface area contributed by atoms with Gasteiger partial charge in [0.1, 0.15) is 6.29 Å². The van der Waals surface area contributed by atoms with Crippen molar-refractivity contribution in [1.82, 2.24) is 0 Å². The zero-order chi connectivity index (χ0) is 19.4. The molecule has 0 aliphatic carbocycles. The van der Waals surface area contributed by atoms with Crippen molar-refractivity contribution in [2.24, 2.45) is 0 Å². The molecular weight excluding hydrogens is 348 g/mol. The Balaban J connectivity index is 1.84. The first-order chi connectivity index (χ1) is 13.4. The lowest BCUT2D eigenvalue weighted by Crippen LogP contribution is -1.84. The normalized spacial score (nSPS) is 11.6. The Labute approximate surface area is 171 Å². The first-order valence-corrected chi connectivity index (χ1v) is 11.8. The highest BCUT2D eigenvalue weighted by molar-refractivity contribution is 7.99. The molecule has 27 heavy (non-hydrogen) atoms. The van der Waals surface area contributed by atoms with Crippen molar-refractivity contribution in [3.05, 3.63) is 54.1 Å². The van der Waals surface area contributed by atoms with Crippen LogP contribution in [0.3, 0.4) is 0 Å². The molecule has 1 aromatic carbocycles. The smallest absolute Gasteiger partial charge is 0.150 e. The summed E-state index contributed by atoms with van der Waals surface area (Å²) in [5.41, 5.74) is 0.757. The van der Waals surface area contributed by atoms with Crippen LogP contribution in [0.25, 0.3) is 0 Å². The van der Waals surface area contributed by atoms with Crippen LogP contribution in [-0.2, 0) is 0 Å². The predicted octanol–water partition coefficient (Wildman–Crippen LogP) is 8.40. The van der Waals surface area contributed by atoms with Gasteiger partial charge in [-0.25, -0.2) is 0 Å². The van der Waals surface area contributed by atoms with Gasteiger partial charge in [0, 0.05) is 10.5 Å². The van der Waals surface area contributed by atoms with E-state index in [1.807, 2.05) is 36.0 Å². The third-order valence-corrected chi connectivity index (χ3v) is 5.73. The molecule has 1 rings (SSSR count). The summed E-state index contributed by atoms with van der Waals surface area (Å²) in [7, 11) is 0. The number of aldehydes is 1. The van der Waals surface area contributed by atoms with Crippen molar-refractivity contribution in [2.45, 2.75) is 88.9 Å². The van der Waals surface area contributed by atoms with Crippen LogP contribution in [0, 0.1) is 0 Å². The minimum absolute atomic E-state index is 0.757. The van der Waals surface area contributed by atoms with Crippen LogP contribution in [0.2, 0.25) is 0 Å². The summed E-state index contributed by atoms with van der Waals surface area (Å²) < 4.78 is 0. The van der Waals surface area contributed by atoms with E-state index < -0.39 is 0 Å². The van der Waals surface area contributed by atoms with Crippen molar-refractivity contribution in [1.29, 1.82) is 0 Å². The van der Waals surface area contributed by atoms with E-state index in [1.54, 1.807) is 0 Å². The maximum absolute atomic E-state index is 10.6. The van der Waals surface area contributed by atoms with Gasteiger partial charge >= 0.3 is 0 Å². The molecule has 1 nitrogen and oxygen atoms in total. The molecule has 0 radical (unpaired) electrons. The van der Waals surface area contributed by atoms with Gasteiger partial charge in [0.05, 0.1) is 0 Å². The fourth-order valence-corrected chi connectivity index (χ4v) is 3.84. The van der Waals surface area contributed by atoms with Crippen molar-refractivity contribution in [3.63, 3.8) is 0 Å². The zero-order valence-corrected chi connectivity index (χ0v) is 18.0. The molecule has 1 aromatic rings. The summed E-state index contributed by atoms with van der Waals surface area (Å²) in [5.74, 6) is 1.18. The summed E-state index contributed by atoms with van der Waals surface area (Å²) in [4.78, 5) is 11.9. The fraction of sp³-hybridized carbons (Fsp3) is 0.560. The Bertz CT molecular complexity index is 516. The highest BCUT2D eigenvalue weighted by Crippen LogP contribution is 2.20. The molecular formula is C25H38OS. The van der Waals surface area contributed by atoms with Crippen LogP contribution in [0.5, 0.6) is 0 Å². The Hall–Kier alpha value is -1.28. The minimum atomic E-state index is 0.757. The lowest BCUT2D eigenvalue weighted by atomic mass is 10.1. The number of unbranched alkanes of at least 4 members (excludes halogenated alkanes) is 9. The number of hydrogen-bond acceptors (Lipinski definition) is 2. The van der Waals surface area contributed by atoms with Gasteiger partial charge in [-0.2, -0.15) is 0 Å². The van der Waals surface area contributed by atoms with Crippen molar-refractivity contribution in [3.8, 4) is 0 Å². The maximum atomic E-state index is 10.6. The van der Waals surface area contributed by atoms with Gasteiger partial charge in [-0.05, 0) is 56.4 Å². The number of allylic oxidation sites excluding steroid dienone is 4. The van der Waals surface area contributed by atoms with Gasteiger partial charge in [-0.3, -0.25) is 4.79 Å². The average molecular weight is 387 g/mol. The lowest BCUT2D eigenvalue weighted by Gasteiger charge is -2.03. The number of rotatable bonds is 17. The first kappa shape index (κ1) is 23.8. The second-order valence-corrected chi connectivity index (χ2v) is 8.29. The average Bonchev–Trinajstić information content (AvgIpc) is 2.70. The summed E-state index contributed by atoms with van der Waals surface area (Å²) in [6, 6.07) is 7.88. The molecule has 0 amide bonds. The van der Waals surface area contributed by atoms with E-state index in [9.17, 15) is 4.79 Å². The number of hydrogen-bond donors (Lipinski definition) is 0. The predicted molar refractivity (Wildman–Crippen MR) is 122 cm³/mol. The Morgan fingerprint density at radius 2 is 1.33 bits per heavy atom. The van der Waals surface area contributed by atoms with Crippen LogP contribution in [0.1, 0.15) is 94.3 Å². The number of carbonyl (C=O) groups is 1. The highest BCUT2D eigenvalue weighted by Gasteiger charge is 1.96. The molecule has 0 aromatic heterocycles. The topological polar surface area (TPSA) is 17.1 Å². The third-order valence-electron chi connectivity index (χ3n) is 4.63. The van der Waals surface area contributed by atoms with E-state index in [-0.39, 0.29) is 0 Å². The van der Waals surface area contributed by atoms with E-state index in [0.29, 0.717) is 0 Å². The number of thioether (sulfide) groups is 1. The van der Waals surface area contributed by atoms with E-state index in [0.717, 1.165) is 18.3 Å². The van der Waals surface area contributed by atoms with E-state index in [1.165, 1.54) is 81.3 Å². The fourth-order valence-electron chi connectivity index (χ4n) is 2.92. The molecule has 0 heterocycles. The van der Waals surface area contributed by atoms with Crippen LogP contribution < -0.4 is 0 Å². The number of benzene rings is 1. The van der Waals surface area contributed by atoms with Crippen molar-refractivity contribution in [2.75, 3.05) is 5.75 Å². The first-order valence-electron chi connectivity index (χ1n) is 10.8. The Kier molecular flexibility index (Phi) is 15.9. The van der Waals surface area contributed by atoms with Gasteiger partial charge < -0.3 is 0 Å². The summed E-state index contributed by atoms with van der Waals surface area (Å²) >= 11 is 1.90. The molecule has 0 aliphatic heterocycles. The molecule has 0 aliphatic rings. The Morgan fingerprint density at radius 3 is 1.96 bits per heavy atom. The standard InChI is InChI=1S/C25H38OS/c1-2-3-4-5-6-7-8-9-10-11-12-13-14-15-16-17-22-27-25-20-18-24(23-26)19-21-25/h6-7,9-10,18-21,23H,2-5,8,11-17,22H2,1H3. The van der Waals surface area contributed by atoms with E-state index >= 15 is 0 Å². The molecule has 0 unspecified atom stereocenters. The van der Waals surface area contributed by atoms with E-state index in [2.05, 4.69) is 31.2 Å². The molecule has 0 fully saturated rings. The molecule has 0 atom stereocenters. The van der Waals surface area contributed by atoms with Crippen LogP contribution in [0.15, 0.2) is 53.5 Å². The molecule has 0 spiro atoms. The third kappa shape index (κ3) is 14.4. The molecule has 150 valence electrons. The minimum Gasteiger partial charge on any atom is -0.298 e. The second kappa shape index (κ2) is 18.1. The van der Waals surface area contributed by atoms with Crippen LogP contribution in [0.4, 0.5) is 0 Å². The van der Waals surface area contributed by atoms with Crippen LogP contribution >= 0.6 is 11.8 Å². The monoisotopic (exact) mass is 386 g/mol. The van der Waals surface area contributed by atoms with Gasteiger partial charge in [0.15, 0.2) is 0 Å². The van der Waals surface area contributed by atoms with Crippen LogP contribution in [-0.4, -0.2) is 12.0 Å². The molecule has 0 saturated heterocycles. The zero-order valence-electron chi connectivity index (χ0n) is 17.2. The molecule has 0 bridgehead atoms. The molecule has 0 saturated carbocycles. The maximum Gasteiger partial charge on any atom is 0.150 e.